The predicted octanol–water partition coefficient (Wildman–Crippen LogP) is 4.28. The summed E-state index contributed by atoms with van der Waals surface area (Å²) in [5.74, 6) is 0. The van der Waals surface area contributed by atoms with Gasteiger partial charge in [0, 0.05) is 12.5 Å². The number of aromatic nitrogens is 4. The van der Waals surface area contributed by atoms with E-state index in [2.05, 4.69) is 36.3 Å². The van der Waals surface area contributed by atoms with Crippen molar-refractivity contribution in [3.05, 3.63) is 0 Å². The molecule has 0 aliphatic carbocycles. The number of ether oxygens (including phenoxy) is 2. The molecule has 0 fully saturated rings. The first-order chi connectivity index (χ1) is 11.5. The fourth-order valence-electron chi connectivity index (χ4n) is 2.67. The molecular weight excluding hydrogens is 308 g/mol. The molecule has 1 heterocycles. The number of hydrogen-bond donors (Lipinski definition) is 0. The van der Waals surface area contributed by atoms with Crippen molar-refractivity contribution in [1.82, 2.24) is 20.2 Å². The molecule has 7 heteroatoms. The third-order valence-corrected chi connectivity index (χ3v) is 4.31. The maximum atomic E-state index is 11.8. The van der Waals surface area contributed by atoms with Crippen molar-refractivity contribution in [1.29, 1.82) is 0 Å². The molecule has 7 nitrogen and oxygen atoms in total. The van der Waals surface area contributed by atoms with E-state index in [1.165, 1.54) is 36.8 Å². The van der Waals surface area contributed by atoms with E-state index in [4.69, 9.17) is 9.47 Å². The van der Waals surface area contributed by atoms with Gasteiger partial charge >= 0.3 is 12.2 Å². The largest absolute Gasteiger partial charge is 0.516 e. The van der Waals surface area contributed by atoms with Crippen LogP contribution in [0.5, 0.6) is 6.01 Å². The third kappa shape index (κ3) is 7.75. The smallest absolute Gasteiger partial charge is 0.433 e. The van der Waals surface area contributed by atoms with Gasteiger partial charge in [-0.15, -0.1) is 0 Å². The van der Waals surface area contributed by atoms with Gasteiger partial charge < -0.3 is 9.47 Å². The molecule has 0 aliphatic heterocycles. The van der Waals surface area contributed by atoms with Gasteiger partial charge in [0.15, 0.2) is 0 Å². The Balaban J connectivity index is 2.42. The van der Waals surface area contributed by atoms with Crippen LogP contribution >= 0.6 is 0 Å². The number of unbranched alkanes of at least 4 members (excludes halogenated alkanes) is 5. The van der Waals surface area contributed by atoms with Gasteiger partial charge in [-0.05, 0) is 23.3 Å². The van der Waals surface area contributed by atoms with Gasteiger partial charge in [-0.25, -0.2) is 4.79 Å². The lowest BCUT2D eigenvalue weighted by molar-refractivity contribution is 0.0451. The van der Waals surface area contributed by atoms with E-state index >= 15 is 0 Å². The van der Waals surface area contributed by atoms with Crippen molar-refractivity contribution in [3.63, 3.8) is 0 Å². The molecule has 138 valence electrons. The first-order valence-corrected chi connectivity index (χ1v) is 9.07. The molecule has 1 rings (SSSR count). The summed E-state index contributed by atoms with van der Waals surface area (Å²) in [4.78, 5) is 11.8. The van der Waals surface area contributed by atoms with E-state index in [1.807, 2.05) is 0 Å². The van der Waals surface area contributed by atoms with Crippen LogP contribution in [0.2, 0.25) is 0 Å². The molecule has 0 saturated heterocycles. The second-order valence-corrected chi connectivity index (χ2v) is 6.80. The molecule has 0 aliphatic rings. The van der Waals surface area contributed by atoms with Gasteiger partial charge in [-0.2, -0.15) is 4.68 Å². The third-order valence-electron chi connectivity index (χ3n) is 4.31. The van der Waals surface area contributed by atoms with Crippen LogP contribution in [0.15, 0.2) is 0 Å². The summed E-state index contributed by atoms with van der Waals surface area (Å²) in [6, 6.07) is 0.0369. The standard InChI is InChI=1S/C17H32N4O3/c1-5-7-9-10-11-13-17(3,12-8-6-2)14-23-16(22)24-15-18-19-20-21(15)4/h5-14H2,1-4H3. The van der Waals surface area contributed by atoms with Crippen molar-refractivity contribution in [2.24, 2.45) is 12.5 Å². The molecular formula is C17H32N4O3. The van der Waals surface area contributed by atoms with Gasteiger partial charge in [-0.1, -0.05) is 70.8 Å². The van der Waals surface area contributed by atoms with Crippen LogP contribution in [0.4, 0.5) is 4.79 Å². The molecule has 0 radical (unpaired) electrons. The van der Waals surface area contributed by atoms with E-state index < -0.39 is 6.16 Å². The van der Waals surface area contributed by atoms with Gasteiger partial charge in [0.05, 0.1) is 0 Å². The van der Waals surface area contributed by atoms with Gasteiger partial charge in [0.1, 0.15) is 6.61 Å². The zero-order chi connectivity index (χ0) is 17.8. The van der Waals surface area contributed by atoms with Crippen LogP contribution in [0.3, 0.4) is 0 Å². The molecule has 0 bridgehead atoms. The maximum Gasteiger partial charge on any atom is 0.516 e. The SMILES string of the molecule is CCCCCCCC(C)(CCCC)COC(=O)Oc1nnnn1C. The average Bonchev–Trinajstić information content (AvgIpc) is 2.96. The minimum atomic E-state index is -0.749. The summed E-state index contributed by atoms with van der Waals surface area (Å²) in [5.41, 5.74) is -0.000613. The van der Waals surface area contributed by atoms with E-state index in [9.17, 15) is 4.79 Å². The Labute approximate surface area is 145 Å². The fraction of sp³-hybridized carbons (Fsp3) is 0.882. The number of carbonyl (C=O) groups is 1. The molecule has 0 spiro atoms. The van der Waals surface area contributed by atoms with Crippen molar-refractivity contribution in [2.45, 2.75) is 78.6 Å². The van der Waals surface area contributed by atoms with Crippen LogP contribution in [-0.2, 0) is 11.8 Å². The number of aryl methyl sites for hydroxylation is 1. The molecule has 0 saturated carbocycles. The number of carbonyl (C=O) groups excluding carboxylic acids is 1. The predicted molar refractivity (Wildman–Crippen MR) is 91.8 cm³/mol. The second kappa shape index (κ2) is 11.0. The Morgan fingerprint density at radius 2 is 1.75 bits per heavy atom. The highest BCUT2D eigenvalue weighted by molar-refractivity contribution is 5.62. The molecule has 0 N–H and O–H groups in total. The van der Waals surface area contributed by atoms with E-state index in [-0.39, 0.29) is 11.4 Å². The van der Waals surface area contributed by atoms with Crippen LogP contribution in [-0.4, -0.2) is 33.0 Å². The topological polar surface area (TPSA) is 79.1 Å². The highest BCUT2D eigenvalue weighted by atomic mass is 16.7. The lowest BCUT2D eigenvalue weighted by atomic mass is 9.80. The van der Waals surface area contributed by atoms with E-state index in [0.29, 0.717) is 6.61 Å². The number of rotatable bonds is 12. The Morgan fingerprint density at radius 1 is 1.08 bits per heavy atom. The summed E-state index contributed by atoms with van der Waals surface area (Å²) in [5, 5.41) is 10.6. The molecule has 0 amide bonds. The molecule has 1 atom stereocenters. The summed E-state index contributed by atoms with van der Waals surface area (Å²) in [7, 11) is 1.60. The van der Waals surface area contributed by atoms with Crippen LogP contribution < -0.4 is 4.74 Å². The zero-order valence-corrected chi connectivity index (χ0v) is 15.6. The minimum absolute atomic E-state index is 0.000613. The van der Waals surface area contributed by atoms with Crippen molar-refractivity contribution < 1.29 is 14.3 Å². The highest BCUT2D eigenvalue weighted by Gasteiger charge is 2.26. The van der Waals surface area contributed by atoms with Crippen LogP contribution in [0.25, 0.3) is 0 Å². The second-order valence-electron chi connectivity index (χ2n) is 6.80. The molecule has 0 aromatic carbocycles. The average molecular weight is 340 g/mol. The lowest BCUT2D eigenvalue weighted by Crippen LogP contribution is -2.27. The quantitative estimate of drug-likeness (QED) is 0.417. The summed E-state index contributed by atoms with van der Waals surface area (Å²) in [6.45, 7) is 6.96. The fourth-order valence-corrected chi connectivity index (χ4v) is 2.67. The Hall–Kier alpha value is -1.66. The first kappa shape index (κ1) is 20.4. The van der Waals surface area contributed by atoms with E-state index in [0.717, 1.165) is 25.7 Å². The summed E-state index contributed by atoms with van der Waals surface area (Å²) < 4.78 is 11.6. The molecule has 24 heavy (non-hydrogen) atoms. The van der Waals surface area contributed by atoms with E-state index in [1.54, 1.807) is 7.05 Å². The van der Waals surface area contributed by atoms with Gasteiger partial charge in [0.25, 0.3) is 0 Å². The number of hydrogen-bond acceptors (Lipinski definition) is 6. The monoisotopic (exact) mass is 340 g/mol. The normalized spacial score (nSPS) is 13.5. The minimum Gasteiger partial charge on any atom is -0.433 e. The van der Waals surface area contributed by atoms with Crippen molar-refractivity contribution in [2.75, 3.05) is 6.61 Å². The Morgan fingerprint density at radius 3 is 2.38 bits per heavy atom. The van der Waals surface area contributed by atoms with Gasteiger partial charge in [-0.3, -0.25) is 0 Å². The lowest BCUT2D eigenvalue weighted by Gasteiger charge is -2.29. The number of tetrazole rings is 1. The Kier molecular flexibility index (Phi) is 9.34. The van der Waals surface area contributed by atoms with Crippen molar-refractivity contribution >= 4 is 6.16 Å². The van der Waals surface area contributed by atoms with Crippen LogP contribution in [0, 0.1) is 5.41 Å². The summed E-state index contributed by atoms with van der Waals surface area (Å²) in [6.07, 6.45) is 9.88. The molecule has 1 aromatic heterocycles. The molecule has 1 aromatic rings. The van der Waals surface area contributed by atoms with Crippen LogP contribution in [0.1, 0.15) is 78.6 Å². The van der Waals surface area contributed by atoms with Gasteiger partial charge in [0.2, 0.25) is 0 Å². The summed E-state index contributed by atoms with van der Waals surface area (Å²) >= 11 is 0. The highest BCUT2D eigenvalue weighted by Crippen LogP contribution is 2.31. The Bertz CT molecular complexity index is 478. The first-order valence-electron chi connectivity index (χ1n) is 9.07. The maximum absolute atomic E-state index is 11.8. The van der Waals surface area contributed by atoms with Crippen molar-refractivity contribution in [3.8, 4) is 6.01 Å². The number of nitrogens with zero attached hydrogens (tertiary/aromatic N) is 4. The molecule has 1 unspecified atom stereocenters. The zero-order valence-electron chi connectivity index (χ0n) is 15.6.